The van der Waals surface area contributed by atoms with Gasteiger partial charge in [-0.1, -0.05) is 12.1 Å². The number of sulfone groups is 1. The van der Waals surface area contributed by atoms with E-state index in [9.17, 15) is 22.4 Å². The van der Waals surface area contributed by atoms with Gasteiger partial charge in [0.2, 0.25) is 11.8 Å². The maximum atomic E-state index is 12.8. The van der Waals surface area contributed by atoms with E-state index in [1.807, 2.05) is 0 Å². The third-order valence-electron chi connectivity index (χ3n) is 4.67. The molecule has 3 rings (SSSR count). The normalized spacial score (nSPS) is 26.8. The van der Waals surface area contributed by atoms with Crippen molar-refractivity contribution in [2.24, 2.45) is 11.8 Å². The van der Waals surface area contributed by atoms with E-state index in [1.54, 1.807) is 12.1 Å². The Kier molecular flexibility index (Phi) is 5.08. The molecule has 0 radical (unpaired) electrons. The zero-order chi connectivity index (χ0) is 18.0. The van der Waals surface area contributed by atoms with Crippen molar-refractivity contribution in [3.8, 4) is 0 Å². The predicted molar refractivity (Wildman–Crippen MR) is 89.9 cm³/mol. The first-order chi connectivity index (χ1) is 11.8. The summed E-state index contributed by atoms with van der Waals surface area (Å²) in [6, 6.07) is 5.76. The summed E-state index contributed by atoms with van der Waals surface area (Å²) in [5.41, 5.74) is 0.925. The van der Waals surface area contributed by atoms with Crippen LogP contribution in [0.5, 0.6) is 0 Å². The van der Waals surface area contributed by atoms with Crippen LogP contribution in [0.2, 0.25) is 0 Å². The fourth-order valence-corrected chi connectivity index (χ4v) is 4.78. The van der Waals surface area contributed by atoms with Crippen molar-refractivity contribution < 1.29 is 22.4 Å². The Bertz CT molecular complexity index is 763. The highest BCUT2D eigenvalue weighted by Crippen LogP contribution is 2.39. The molecule has 3 atom stereocenters. The minimum atomic E-state index is -3.03. The first-order valence-corrected chi connectivity index (χ1v) is 10.2. The Morgan fingerprint density at radius 2 is 1.80 bits per heavy atom. The van der Waals surface area contributed by atoms with Gasteiger partial charge in [-0.25, -0.2) is 12.8 Å². The van der Waals surface area contributed by atoms with Crippen LogP contribution in [0.4, 0.5) is 4.39 Å². The fourth-order valence-electron chi connectivity index (χ4n) is 3.10. The van der Waals surface area contributed by atoms with Gasteiger partial charge in [-0.05, 0) is 37.0 Å². The quantitative estimate of drug-likeness (QED) is 0.761. The van der Waals surface area contributed by atoms with Gasteiger partial charge in [0, 0.05) is 12.6 Å². The first-order valence-electron chi connectivity index (χ1n) is 8.37. The largest absolute Gasteiger partial charge is 0.356 e. The van der Waals surface area contributed by atoms with Crippen molar-refractivity contribution in [2.75, 3.05) is 18.1 Å². The molecule has 2 amide bonds. The molecule has 1 aliphatic heterocycles. The number of nitrogens with one attached hydrogen (secondary N) is 2. The van der Waals surface area contributed by atoms with Crippen LogP contribution >= 0.6 is 0 Å². The number of carbonyl (C=O) groups is 2. The second-order valence-electron chi connectivity index (χ2n) is 6.72. The number of benzene rings is 1. The lowest BCUT2D eigenvalue weighted by molar-refractivity contribution is -0.127. The van der Waals surface area contributed by atoms with E-state index in [0.29, 0.717) is 25.8 Å². The third kappa shape index (κ3) is 4.78. The molecule has 1 saturated heterocycles. The van der Waals surface area contributed by atoms with Gasteiger partial charge in [-0.3, -0.25) is 9.59 Å². The van der Waals surface area contributed by atoms with Gasteiger partial charge in [0.05, 0.1) is 23.3 Å². The van der Waals surface area contributed by atoms with Gasteiger partial charge in [-0.2, -0.15) is 0 Å². The molecular formula is C17H21FN2O4S. The molecule has 2 aliphatic rings. The highest BCUT2D eigenvalue weighted by Gasteiger charge is 2.48. The van der Waals surface area contributed by atoms with Crippen molar-refractivity contribution in [1.29, 1.82) is 0 Å². The average molecular weight is 368 g/mol. The summed E-state index contributed by atoms with van der Waals surface area (Å²) >= 11 is 0. The van der Waals surface area contributed by atoms with E-state index in [0.717, 1.165) is 5.56 Å². The number of hydrogen-bond donors (Lipinski definition) is 2. The second kappa shape index (κ2) is 7.11. The van der Waals surface area contributed by atoms with Crippen LogP contribution in [-0.2, 0) is 25.8 Å². The van der Waals surface area contributed by atoms with Crippen LogP contribution in [0.25, 0.3) is 0 Å². The molecule has 3 unspecified atom stereocenters. The number of rotatable bonds is 6. The van der Waals surface area contributed by atoms with E-state index >= 15 is 0 Å². The summed E-state index contributed by atoms with van der Waals surface area (Å²) in [5.74, 6) is -1.31. The third-order valence-corrected chi connectivity index (χ3v) is 6.44. The smallest absolute Gasteiger partial charge is 0.224 e. The standard InChI is InChI=1S/C17H21FN2O4S/c18-12-3-1-11(2-4-12)5-7-19-16(21)14-9-15(14)17(22)20-13-6-8-25(23,24)10-13/h1-4,13-15H,5-10H2,(H,19,21)(H,20,22). The summed E-state index contributed by atoms with van der Waals surface area (Å²) in [6.07, 6.45) is 1.53. The summed E-state index contributed by atoms with van der Waals surface area (Å²) in [7, 11) is -3.03. The maximum absolute atomic E-state index is 12.8. The minimum absolute atomic E-state index is 0.0139. The molecule has 1 aromatic rings. The van der Waals surface area contributed by atoms with Crippen molar-refractivity contribution in [2.45, 2.75) is 25.3 Å². The lowest BCUT2D eigenvalue weighted by Crippen LogP contribution is -2.38. The van der Waals surface area contributed by atoms with Crippen LogP contribution < -0.4 is 10.6 Å². The lowest BCUT2D eigenvalue weighted by atomic mass is 10.1. The highest BCUT2D eigenvalue weighted by atomic mass is 32.2. The van der Waals surface area contributed by atoms with Crippen LogP contribution in [-0.4, -0.2) is 44.3 Å². The first kappa shape index (κ1) is 17.8. The van der Waals surface area contributed by atoms with Gasteiger partial charge in [0.25, 0.3) is 0 Å². The Morgan fingerprint density at radius 3 is 2.44 bits per heavy atom. The summed E-state index contributed by atoms with van der Waals surface area (Å²) < 4.78 is 35.6. The van der Waals surface area contributed by atoms with Crippen LogP contribution in [0.15, 0.2) is 24.3 Å². The van der Waals surface area contributed by atoms with Gasteiger partial charge >= 0.3 is 0 Å². The van der Waals surface area contributed by atoms with Crippen molar-refractivity contribution in [1.82, 2.24) is 10.6 Å². The molecule has 2 fully saturated rings. The Morgan fingerprint density at radius 1 is 1.12 bits per heavy atom. The number of halogens is 1. The van der Waals surface area contributed by atoms with E-state index in [1.165, 1.54) is 12.1 Å². The molecule has 136 valence electrons. The average Bonchev–Trinajstić information content (AvgIpc) is 3.28. The molecule has 8 heteroatoms. The molecule has 1 saturated carbocycles. The molecule has 1 heterocycles. The SMILES string of the molecule is O=C(NCCc1ccc(F)cc1)C1CC1C(=O)NC1CCS(=O)(=O)C1. The predicted octanol–water partition coefficient (Wildman–Crippen LogP) is 0.424. The molecule has 0 spiro atoms. The highest BCUT2D eigenvalue weighted by molar-refractivity contribution is 7.91. The molecule has 0 bridgehead atoms. The Balaban J connectivity index is 1.38. The molecule has 25 heavy (non-hydrogen) atoms. The molecular weight excluding hydrogens is 347 g/mol. The van der Waals surface area contributed by atoms with Crippen molar-refractivity contribution >= 4 is 21.7 Å². The van der Waals surface area contributed by atoms with Gasteiger partial charge < -0.3 is 10.6 Å². The van der Waals surface area contributed by atoms with Gasteiger partial charge in [-0.15, -0.1) is 0 Å². The molecule has 2 N–H and O–H groups in total. The van der Waals surface area contributed by atoms with Crippen LogP contribution in [0.1, 0.15) is 18.4 Å². The number of hydrogen-bond acceptors (Lipinski definition) is 4. The minimum Gasteiger partial charge on any atom is -0.356 e. The van der Waals surface area contributed by atoms with E-state index in [-0.39, 0.29) is 47.0 Å². The molecule has 0 aromatic heterocycles. The van der Waals surface area contributed by atoms with Gasteiger partial charge in [0.1, 0.15) is 5.82 Å². The Hall–Kier alpha value is -1.96. The van der Waals surface area contributed by atoms with Crippen LogP contribution in [0.3, 0.4) is 0 Å². The number of amides is 2. The lowest BCUT2D eigenvalue weighted by Gasteiger charge is -2.10. The van der Waals surface area contributed by atoms with E-state index < -0.39 is 9.84 Å². The fraction of sp³-hybridized carbons (Fsp3) is 0.529. The Labute approximate surface area is 146 Å². The zero-order valence-corrected chi connectivity index (χ0v) is 14.5. The zero-order valence-electron chi connectivity index (χ0n) is 13.7. The monoisotopic (exact) mass is 368 g/mol. The topological polar surface area (TPSA) is 92.3 Å². The van der Waals surface area contributed by atoms with Crippen molar-refractivity contribution in [3.05, 3.63) is 35.6 Å². The molecule has 1 aromatic carbocycles. The van der Waals surface area contributed by atoms with Crippen molar-refractivity contribution in [3.63, 3.8) is 0 Å². The maximum Gasteiger partial charge on any atom is 0.224 e. The van der Waals surface area contributed by atoms with E-state index in [2.05, 4.69) is 10.6 Å². The second-order valence-corrected chi connectivity index (χ2v) is 8.95. The summed E-state index contributed by atoms with van der Waals surface area (Å²) in [5, 5.41) is 5.53. The molecule has 1 aliphatic carbocycles. The summed E-state index contributed by atoms with van der Waals surface area (Å²) in [6.45, 7) is 0.427. The van der Waals surface area contributed by atoms with Crippen LogP contribution in [0, 0.1) is 17.7 Å². The summed E-state index contributed by atoms with van der Waals surface area (Å²) in [4.78, 5) is 24.2. The molecule has 6 nitrogen and oxygen atoms in total. The number of carbonyl (C=O) groups excluding carboxylic acids is 2. The van der Waals surface area contributed by atoms with E-state index in [4.69, 9.17) is 0 Å². The van der Waals surface area contributed by atoms with Gasteiger partial charge in [0.15, 0.2) is 9.84 Å².